The fraction of sp³-hybridized carbons (Fsp3) is 0.0714. The molecule has 3 aromatic rings. The first-order valence-electron chi connectivity index (χ1n) is 6.02. The van der Waals surface area contributed by atoms with Gasteiger partial charge in [0.2, 0.25) is 0 Å². The van der Waals surface area contributed by atoms with E-state index < -0.39 is 0 Å². The van der Waals surface area contributed by atoms with Crippen LogP contribution in [0.3, 0.4) is 0 Å². The van der Waals surface area contributed by atoms with Gasteiger partial charge < -0.3 is 10.7 Å². The number of anilines is 1. The number of nitrogen functional groups attached to an aromatic ring is 1. The van der Waals surface area contributed by atoms with Crippen LogP contribution in [0.1, 0.15) is 5.69 Å². The van der Waals surface area contributed by atoms with E-state index in [9.17, 15) is 4.79 Å². The largest absolute Gasteiger partial charge is 0.397 e. The Morgan fingerprint density at radius 3 is 2.95 bits per heavy atom. The van der Waals surface area contributed by atoms with E-state index in [0.29, 0.717) is 16.5 Å². The van der Waals surface area contributed by atoms with E-state index in [1.807, 2.05) is 24.3 Å². The molecule has 0 saturated carbocycles. The summed E-state index contributed by atoms with van der Waals surface area (Å²) in [6.45, 7) is 1.78. The molecule has 0 aliphatic heterocycles. The summed E-state index contributed by atoms with van der Waals surface area (Å²) in [6, 6.07) is 9.02. The van der Waals surface area contributed by atoms with Crippen molar-refractivity contribution in [2.24, 2.45) is 0 Å². The Labute approximate surface area is 119 Å². The summed E-state index contributed by atoms with van der Waals surface area (Å²) in [5.74, 6) is 0. The van der Waals surface area contributed by atoms with Crippen LogP contribution in [0.4, 0.5) is 5.69 Å². The molecule has 3 rings (SSSR count). The summed E-state index contributed by atoms with van der Waals surface area (Å²) in [4.78, 5) is 23.5. The van der Waals surface area contributed by atoms with Crippen LogP contribution < -0.4 is 11.3 Å². The molecule has 0 saturated heterocycles. The molecule has 2 aromatic heterocycles. The van der Waals surface area contributed by atoms with E-state index in [0.717, 1.165) is 15.8 Å². The second-order valence-corrected chi connectivity index (χ2v) is 5.37. The number of hydrogen-bond acceptors (Lipinski definition) is 5. The van der Waals surface area contributed by atoms with Gasteiger partial charge in [-0.15, -0.1) is 0 Å². The molecule has 0 aliphatic rings. The zero-order valence-corrected chi connectivity index (χ0v) is 11.6. The molecule has 0 unspecified atom stereocenters. The van der Waals surface area contributed by atoms with Crippen LogP contribution in [-0.4, -0.2) is 15.0 Å². The predicted molar refractivity (Wildman–Crippen MR) is 79.9 cm³/mol. The molecular formula is C14H12N4OS. The van der Waals surface area contributed by atoms with Crippen molar-refractivity contribution in [2.75, 3.05) is 5.73 Å². The summed E-state index contributed by atoms with van der Waals surface area (Å²) in [5.41, 5.74) is 8.17. The lowest BCUT2D eigenvalue weighted by Gasteiger charge is -2.07. The molecule has 0 aliphatic carbocycles. The molecule has 0 spiro atoms. The standard InChI is InChI=1S/C14H12N4OS/c1-8-7-12(19)18-14(17-8)20-11-5-4-10-9(13(11)15)3-2-6-16-10/h2-7H,15H2,1H3,(H,17,18,19). The van der Waals surface area contributed by atoms with Crippen molar-refractivity contribution in [3.8, 4) is 0 Å². The minimum atomic E-state index is -0.166. The van der Waals surface area contributed by atoms with Gasteiger partial charge in [-0.05, 0) is 43.0 Å². The van der Waals surface area contributed by atoms with Gasteiger partial charge in [-0.2, -0.15) is 0 Å². The number of hydrogen-bond donors (Lipinski definition) is 2. The van der Waals surface area contributed by atoms with Crippen LogP contribution in [0.15, 0.2) is 51.4 Å². The van der Waals surface area contributed by atoms with E-state index in [1.165, 1.54) is 17.8 Å². The van der Waals surface area contributed by atoms with Crippen LogP contribution in [-0.2, 0) is 0 Å². The molecular weight excluding hydrogens is 272 g/mol. The Morgan fingerprint density at radius 2 is 2.15 bits per heavy atom. The Kier molecular flexibility index (Phi) is 3.15. The molecule has 1 aromatic carbocycles. The number of benzene rings is 1. The Bertz CT molecular complexity index is 844. The van der Waals surface area contributed by atoms with Crippen molar-refractivity contribution in [3.05, 3.63) is 52.6 Å². The first kappa shape index (κ1) is 12.7. The summed E-state index contributed by atoms with van der Waals surface area (Å²) < 4.78 is 0. The average Bonchev–Trinajstić information content (AvgIpc) is 2.41. The molecule has 0 amide bonds. The van der Waals surface area contributed by atoms with Crippen LogP contribution in [0.25, 0.3) is 10.9 Å². The number of aromatic amines is 1. The molecule has 0 bridgehead atoms. The minimum absolute atomic E-state index is 0.166. The van der Waals surface area contributed by atoms with Gasteiger partial charge in [0.05, 0.1) is 11.2 Å². The number of H-pyrrole nitrogens is 1. The Morgan fingerprint density at radius 1 is 1.30 bits per heavy atom. The average molecular weight is 284 g/mol. The quantitative estimate of drug-likeness (QED) is 0.557. The minimum Gasteiger partial charge on any atom is -0.397 e. The molecule has 5 nitrogen and oxygen atoms in total. The van der Waals surface area contributed by atoms with Gasteiger partial charge in [-0.1, -0.05) is 0 Å². The molecule has 0 radical (unpaired) electrons. The molecule has 3 N–H and O–H groups in total. The topological polar surface area (TPSA) is 84.7 Å². The molecule has 2 heterocycles. The highest BCUT2D eigenvalue weighted by molar-refractivity contribution is 7.99. The zero-order chi connectivity index (χ0) is 14.1. The van der Waals surface area contributed by atoms with Gasteiger partial charge in [0.1, 0.15) is 0 Å². The molecule has 100 valence electrons. The van der Waals surface area contributed by atoms with Crippen LogP contribution in [0, 0.1) is 6.92 Å². The van der Waals surface area contributed by atoms with Crippen molar-refractivity contribution in [1.29, 1.82) is 0 Å². The van der Waals surface area contributed by atoms with Crippen molar-refractivity contribution in [3.63, 3.8) is 0 Å². The Balaban J connectivity index is 2.06. The van der Waals surface area contributed by atoms with Gasteiger partial charge in [0, 0.05) is 28.2 Å². The summed E-state index contributed by atoms with van der Waals surface area (Å²) in [5, 5.41) is 1.43. The fourth-order valence-corrected chi connectivity index (χ4v) is 2.85. The third-order valence-corrected chi connectivity index (χ3v) is 3.80. The normalized spacial score (nSPS) is 10.8. The van der Waals surface area contributed by atoms with Crippen LogP contribution in [0.2, 0.25) is 0 Å². The second kappa shape index (κ2) is 4.97. The number of nitrogens with two attached hydrogens (primary N) is 1. The maximum Gasteiger partial charge on any atom is 0.251 e. The lowest BCUT2D eigenvalue weighted by atomic mass is 10.2. The molecule has 20 heavy (non-hydrogen) atoms. The monoisotopic (exact) mass is 284 g/mol. The molecule has 6 heteroatoms. The highest BCUT2D eigenvalue weighted by atomic mass is 32.2. The van der Waals surface area contributed by atoms with Gasteiger partial charge in [-0.25, -0.2) is 4.98 Å². The highest BCUT2D eigenvalue weighted by Crippen LogP contribution is 2.33. The third kappa shape index (κ3) is 2.37. The Hall–Kier alpha value is -2.34. The molecule has 0 atom stereocenters. The lowest BCUT2D eigenvalue weighted by molar-refractivity contribution is 0.905. The van der Waals surface area contributed by atoms with Gasteiger partial charge in [0.25, 0.3) is 5.56 Å². The maximum absolute atomic E-state index is 11.4. The van der Waals surface area contributed by atoms with Crippen molar-refractivity contribution >= 4 is 28.4 Å². The second-order valence-electron chi connectivity index (χ2n) is 4.34. The fourth-order valence-electron chi connectivity index (χ4n) is 1.95. The highest BCUT2D eigenvalue weighted by Gasteiger charge is 2.08. The summed E-state index contributed by atoms with van der Waals surface area (Å²) >= 11 is 1.34. The van der Waals surface area contributed by atoms with Crippen molar-refractivity contribution in [1.82, 2.24) is 15.0 Å². The van der Waals surface area contributed by atoms with Crippen molar-refractivity contribution in [2.45, 2.75) is 17.0 Å². The lowest BCUT2D eigenvalue weighted by Crippen LogP contribution is -2.08. The number of aromatic nitrogens is 3. The summed E-state index contributed by atoms with van der Waals surface area (Å²) in [7, 11) is 0. The first-order valence-corrected chi connectivity index (χ1v) is 6.84. The smallest absolute Gasteiger partial charge is 0.251 e. The van der Waals surface area contributed by atoms with E-state index in [-0.39, 0.29) is 5.56 Å². The predicted octanol–water partition coefficient (Wildman–Crippen LogP) is 2.36. The number of aryl methyl sites for hydroxylation is 1. The van der Waals surface area contributed by atoms with Crippen LogP contribution >= 0.6 is 11.8 Å². The van der Waals surface area contributed by atoms with E-state index in [2.05, 4.69) is 15.0 Å². The van der Waals surface area contributed by atoms with E-state index in [4.69, 9.17) is 5.73 Å². The zero-order valence-electron chi connectivity index (χ0n) is 10.8. The van der Waals surface area contributed by atoms with E-state index in [1.54, 1.807) is 13.1 Å². The van der Waals surface area contributed by atoms with Crippen LogP contribution in [0.5, 0.6) is 0 Å². The summed E-state index contributed by atoms with van der Waals surface area (Å²) in [6.07, 6.45) is 1.73. The number of nitrogens with zero attached hydrogens (tertiary/aromatic N) is 2. The third-order valence-electron chi connectivity index (χ3n) is 2.84. The van der Waals surface area contributed by atoms with Gasteiger partial charge in [-0.3, -0.25) is 9.78 Å². The molecule has 0 fully saturated rings. The van der Waals surface area contributed by atoms with Gasteiger partial charge >= 0.3 is 0 Å². The van der Waals surface area contributed by atoms with Gasteiger partial charge in [0.15, 0.2) is 5.16 Å². The maximum atomic E-state index is 11.4. The number of pyridine rings is 1. The SMILES string of the molecule is Cc1cc(=O)[nH]c(Sc2ccc3ncccc3c2N)n1. The number of nitrogens with one attached hydrogen (secondary N) is 1. The van der Waals surface area contributed by atoms with E-state index >= 15 is 0 Å². The first-order chi connectivity index (χ1) is 9.63. The van der Waals surface area contributed by atoms with Crippen molar-refractivity contribution < 1.29 is 0 Å². The number of fused-ring (bicyclic) bond motifs is 1. The number of rotatable bonds is 2.